The van der Waals surface area contributed by atoms with Crippen LogP contribution < -0.4 is 14.8 Å². The first kappa shape index (κ1) is 15.5. The first-order chi connectivity index (χ1) is 11.6. The van der Waals surface area contributed by atoms with Crippen LogP contribution in [0.15, 0.2) is 48.7 Å². The number of benzene rings is 2. The van der Waals surface area contributed by atoms with Crippen LogP contribution >= 0.6 is 0 Å². The van der Waals surface area contributed by atoms with E-state index in [0.29, 0.717) is 11.5 Å². The van der Waals surface area contributed by atoms with E-state index >= 15 is 0 Å². The maximum absolute atomic E-state index is 10.7. The molecule has 24 heavy (non-hydrogen) atoms. The molecule has 1 aromatic heterocycles. The van der Waals surface area contributed by atoms with Crippen molar-refractivity contribution >= 4 is 28.0 Å². The van der Waals surface area contributed by atoms with Crippen LogP contribution in [0.3, 0.4) is 0 Å². The van der Waals surface area contributed by atoms with Crippen LogP contribution in [0.4, 0.5) is 17.1 Å². The van der Waals surface area contributed by atoms with Crippen LogP contribution in [0.2, 0.25) is 0 Å². The van der Waals surface area contributed by atoms with Crippen molar-refractivity contribution in [1.29, 1.82) is 0 Å². The summed E-state index contributed by atoms with van der Waals surface area (Å²) in [5.74, 6) is 1.20. The number of rotatable bonds is 5. The Morgan fingerprint density at radius 3 is 2.33 bits per heavy atom. The number of nitrogens with one attached hydrogen (secondary N) is 1. The summed E-state index contributed by atoms with van der Waals surface area (Å²) in [6, 6.07) is 11.7. The molecule has 7 nitrogen and oxygen atoms in total. The average Bonchev–Trinajstić information content (AvgIpc) is 2.61. The minimum absolute atomic E-state index is 0.0477. The molecule has 0 aliphatic rings. The van der Waals surface area contributed by atoms with Crippen LogP contribution in [0.25, 0.3) is 10.9 Å². The first-order valence-corrected chi connectivity index (χ1v) is 7.14. The van der Waals surface area contributed by atoms with Crippen LogP contribution in [-0.2, 0) is 0 Å². The fourth-order valence-electron chi connectivity index (χ4n) is 2.40. The zero-order chi connectivity index (χ0) is 17.1. The van der Waals surface area contributed by atoms with Crippen molar-refractivity contribution in [2.45, 2.75) is 0 Å². The molecule has 0 spiro atoms. The van der Waals surface area contributed by atoms with Crippen molar-refractivity contribution in [3.8, 4) is 11.5 Å². The third-order valence-electron chi connectivity index (χ3n) is 3.60. The molecule has 1 heterocycles. The second kappa shape index (κ2) is 6.41. The van der Waals surface area contributed by atoms with Crippen LogP contribution in [0.5, 0.6) is 11.5 Å². The lowest BCUT2D eigenvalue weighted by Gasteiger charge is -2.12. The molecule has 0 saturated heterocycles. The molecule has 0 atom stereocenters. The summed E-state index contributed by atoms with van der Waals surface area (Å²) in [4.78, 5) is 14.6. The maximum Gasteiger partial charge on any atom is 0.269 e. The molecule has 3 aromatic rings. The van der Waals surface area contributed by atoms with E-state index in [9.17, 15) is 10.1 Å². The van der Waals surface area contributed by atoms with Crippen LogP contribution in [0, 0.1) is 10.1 Å². The molecular weight excluding hydrogens is 310 g/mol. The number of nitro benzene ring substituents is 1. The average molecular weight is 325 g/mol. The van der Waals surface area contributed by atoms with E-state index in [2.05, 4.69) is 10.3 Å². The number of anilines is 2. The Morgan fingerprint density at radius 2 is 1.71 bits per heavy atom. The van der Waals surface area contributed by atoms with Crippen molar-refractivity contribution in [2.24, 2.45) is 0 Å². The molecule has 0 aliphatic heterocycles. The summed E-state index contributed by atoms with van der Waals surface area (Å²) >= 11 is 0. The molecule has 122 valence electrons. The number of methoxy groups -OCH3 is 2. The van der Waals surface area contributed by atoms with E-state index in [1.54, 1.807) is 38.6 Å². The fraction of sp³-hybridized carbons (Fsp3) is 0.118. The molecule has 2 aromatic carbocycles. The lowest BCUT2D eigenvalue weighted by molar-refractivity contribution is -0.384. The standard InChI is InChI=1S/C17H15N3O4/c1-23-16-9-13-14(7-8-18-15(13)10-17(16)24-2)19-11-3-5-12(6-4-11)20(21)22/h3-10H,1-2H3,(H,18,19). The number of pyridine rings is 1. The van der Waals surface area contributed by atoms with Gasteiger partial charge in [-0.3, -0.25) is 15.1 Å². The second-order valence-electron chi connectivity index (χ2n) is 5.01. The summed E-state index contributed by atoms with van der Waals surface area (Å²) in [6.45, 7) is 0. The van der Waals surface area contributed by atoms with Crippen molar-refractivity contribution < 1.29 is 14.4 Å². The van der Waals surface area contributed by atoms with Crippen molar-refractivity contribution in [2.75, 3.05) is 19.5 Å². The lowest BCUT2D eigenvalue weighted by atomic mass is 10.1. The highest BCUT2D eigenvalue weighted by Gasteiger charge is 2.10. The van der Waals surface area contributed by atoms with Gasteiger partial charge in [-0.15, -0.1) is 0 Å². The van der Waals surface area contributed by atoms with Crippen LogP contribution in [0.1, 0.15) is 0 Å². The highest BCUT2D eigenvalue weighted by molar-refractivity contribution is 5.95. The normalized spacial score (nSPS) is 10.4. The van der Waals surface area contributed by atoms with Gasteiger partial charge in [-0.1, -0.05) is 0 Å². The number of non-ortho nitro benzene ring substituents is 1. The van der Waals surface area contributed by atoms with E-state index in [1.807, 2.05) is 12.1 Å². The van der Waals surface area contributed by atoms with Gasteiger partial charge in [0.1, 0.15) is 0 Å². The number of aromatic nitrogens is 1. The molecule has 0 unspecified atom stereocenters. The Kier molecular flexibility index (Phi) is 4.15. The predicted octanol–water partition coefficient (Wildman–Crippen LogP) is 3.90. The van der Waals surface area contributed by atoms with Crippen molar-refractivity contribution in [3.05, 3.63) is 58.8 Å². The minimum atomic E-state index is -0.428. The van der Waals surface area contributed by atoms with Gasteiger partial charge in [0, 0.05) is 41.2 Å². The molecule has 0 aliphatic carbocycles. The van der Waals surface area contributed by atoms with E-state index in [4.69, 9.17) is 9.47 Å². The summed E-state index contributed by atoms with van der Waals surface area (Å²) in [7, 11) is 3.14. The number of fused-ring (bicyclic) bond motifs is 1. The van der Waals surface area contributed by atoms with Gasteiger partial charge >= 0.3 is 0 Å². The van der Waals surface area contributed by atoms with Gasteiger partial charge in [0.2, 0.25) is 0 Å². The Labute approximate surface area is 138 Å². The van der Waals surface area contributed by atoms with E-state index < -0.39 is 4.92 Å². The zero-order valence-corrected chi connectivity index (χ0v) is 13.1. The number of ether oxygens (including phenoxy) is 2. The summed E-state index contributed by atoms with van der Waals surface area (Å²) in [6.07, 6.45) is 1.68. The summed E-state index contributed by atoms with van der Waals surface area (Å²) < 4.78 is 10.6. The summed E-state index contributed by atoms with van der Waals surface area (Å²) in [5.41, 5.74) is 2.35. The van der Waals surface area contributed by atoms with Gasteiger partial charge in [-0.2, -0.15) is 0 Å². The Balaban J connectivity index is 2.01. The Morgan fingerprint density at radius 1 is 1.04 bits per heavy atom. The van der Waals surface area contributed by atoms with Gasteiger partial charge in [0.05, 0.1) is 24.7 Å². The van der Waals surface area contributed by atoms with Gasteiger partial charge in [0.25, 0.3) is 5.69 Å². The fourth-order valence-corrected chi connectivity index (χ4v) is 2.40. The maximum atomic E-state index is 10.7. The lowest BCUT2D eigenvalue weighted by Crippen LogP contribution is -1.96. The molecular formula is C17H15N3O4. The predicted molar refractivity (Wildman–Crippen MR) is 91.2 cm³/mol. The molecule has 0 bridgehead atoms. The largest absolute Gasteiger partial charge is 0.493 e. The smallest absolute Gasteiger partial charge is 0.269 e. The quantitative estimate of drug-likeness (QED) is 0.565. The van der Waals surface area contributed by atoms with E-state index in [-0.39, 0.29) is 5.69 Å². The highest BCUT2D eigenvalue weighted by atomic mass is 16.6. The monoisotopic (exact) mass is 325 g/mol. The molecule has 0 fully saturated rings. The van der Waals surface area contributed by atoms with Crippen molar-refractivity contribution in [3.63, 3.8) is 0 Å². The van der Waals surface area contributed by atoms with Crippen molar-refractivity contribution in [1.82, 2.24) is 4.98 Å². The van der Waals surface area contributed by atoms with Gasteiger partial charge < -0.3 is 14.8 Å². The zero-order valence-electron chi connectivity index (χ0n) is 13.1. The SMILES string of the molecule is COc1cc2nccc(Nc3ccc([N+](=O)[O-])cc3)c2cc1OC. The number of nitrogens with zero attached hydrogens (tertiary/aromatic N) is 2. The second-order valence-corrected chi connectivity index (χ2v) is 5.01. The molecule has 3 rings (SSSR count). The Bertz CT molecular complexity index is 894. The minimum Gasteiger partial charge on any atom is -0.493 e. The molecule has 1 N–H and O–H groups in total. The third kappa shape index (κ3) is 2.91. The number of hydrogen-bond acceptors (Lipinski definition) is 6. The van der Waals surface area contributed by atoms with Gasteiger partial charge in [-0.25, -0.2) is 0 Å². The first-order valence-electron chi connectivity index (χ1n) is 7.14. The summed E-state index contributed by atoms with van der Waals surface area (Å²) in [5, 5.41) is 14.8. The van der Waals surface area contributed by atoms with E-state index in [0.717, 1.165) is 22.3 Å². The van der Waals surface area contributed by atoms with Gasteiger partial charge in [0.15, 0.2) is 11.5 Å². The Hall–Kier alpha value is -3.35. The number of nitro groups is 1. The highest BCUT2D eigenvalue weighted by Crippen LogP contribution is 2.35. The van der Waals surface area contributed by atoms with E-state index in [1.165, 1.54) is 12.1 Å². The third-order valence-corrected chi connectivity index (χ3v) is 3.60. The number of hydrogen-bond donors (Lipinski definition) is 1. The van der Waals surface area contributed by atoms with Gasteiger partial charge in [-0.05, 0) is 24.3 Å². The molecule has 0 amide bonds. The topological polar surface area (TPSA) is 86.5 Å². The molecule has 7 heteroatoms. The van der Waals surface area contributed by atoms with Crippen LogP contribution in [-0.4, -0.2) is 24.1 Å². The molecule has 0 saturated carbocycles. The molecule has 0 radical (unpaired) electrons.